The Labute approximate surface area is 158 Å². The molecule has 0 bridgehead atoms. The van der Waals surface area contributed by atoms with Crippen LogP contribution in [0.4, 0.5) is 0 Å². The summed E-state index contributed by atoms with van der Waals surface area (Å²) in [6.45, 7) is 4.96. The molecule has 0 unspecified atom stereocenters. The molecule has 0 aromatic heterocycles. The molecule has 0 amide bonds. The first-order valence-corrected chi connectivity index (χ1v) is 10.4. The number of allylic oxidation sites excluding steroid dienone is 1. The lowest BCUT2D eigenvalue weighted by molar-refractivity contribution is 0.303. The van der Waals surface area contributed by atoms with E-state index in [4.69, 9.17) is 4.74 Å². The van der Waals surface area contributed by atoms with E-state index in [2.05, 4.69) is 54.7 Å². The Balaban J connectivity index is 1.64. The van der Waals surface area contributed by atoms with E-state index >= 15 is 0 Å². The average molecular weight is 352 g/mol. The predicted molar refractivity (Wildman–Crippen MR) is 112 cm³/mol. The molecular formula is C24H33NO. The molecule has 0 saturated heterocycles. The van der Waals surface area contributed by atoms with Gasteiger partial charge in [0.2, 0.25) is 0 Å². The van der Waals surface area contributed by atoms with E-state index in [1.54, 1.807) is 5.57 Å². The van der Waals surface area contributed by atoms with Gasteiger partial charge in [0.1, 0.15) is 5.75 Å². The van der Waals surface area contributed by atoms with Crippen LogP contribution in [0.3, 0.4) is 0 Å². The van der Waals surface area contributed by atoms with Crippen LogP contribution in [0.25, 0.3) is 10.8 Å². The Morgan fingerprint density at radius 1 is 1.04 bits per heavy atom. The quantitative estimate of drug-likeness (QED) is 0.395. The molecule has 3 rings (SSSR count). The molecule has 2 aromatic carbocycles. The second kappa shape index (κ2) is 10.4. The Morgan fingerprint density at radius 2 is 1.96 bits per heavy atom. The zero-order valence-corrected chi connectivity index (χ0v) is 16.2. The van der Waals surface area contributed by atoms with Crippen molar-refractivity contribution in [3.8, 4) is 5.75 Å². The summed E-state index contributed by atoms with van der Waals surface area (Å²) >= 11 is 0. The van der Waals surface area contributed by atoms with Crippen molar-refractivity contribution >= 4 is 10.8 Å². The van der Waals surface area contributed by atoms with Crippen molar-refractivity contribution in [2.45, 2.75) is 64.8 Å². The van der Waals surface area contributed by atoms with Gasteiger partial charge in [-0.1, -0.05) is 61.7 Å². The maximum atomic E-state index is 6.14. The SMILES string of the molecule is CCCCCOc1ccc2ccccc2c1CNCCC1=CCCCC1. The number of benzene rings is 2. The molecule has 0 heterocycles. The fraction of sp³-hybridized carbons (Fsp3) is 0.500. The van der Waals surface area contributed by atoms with Gasteiger partial charge >= 0.3 is 0 Å². The van der Waals surface area contributed by atoms with Crippen molar-refractivity contribution in [3.63, 3.8) is 0 Å². The molecule has 1 aliphatic rings. The fourth-order valence-corrected chi connectivity index (χ4v) is 3.76. The number of unbranched alkanes of at least 4 members (excludes halogenated alkanes) is 2. The summed E-state index contributed by atoms with van der Waals surface area (Å²) in [5, 5.41) is 6.26. The number of fused-ring (bicyclic) bond motifs is 1. The molecule has 2 nitrogen and oxygen atoms in total. The largest absolute Gasteiger partial charge is 0.493 e. The zero-order chi connectivity index (χ0) is 18.0. The lowest BCUT2D eigenvalue weighted by Crippen LogP contribution is -2.17. The first-order chi connectivity index (χ1) is 12.9. The van der Waals surface area contributed by atoms with Gasteiger partial charge in [0.05, 0.1) is 6.61 Å². The van der Waals surface area contributed by atoms with Crippen LogP contribution in [0.5, 0.6) is 5.75 Å². The van der Waals surface area contributed by atoms with Crippen LogP contribution in [0, 0.1) is 0 Å². The fourth-order valence-electron chi connectivity index (χ4n) is 3.76. The molecule has 140 valence electrons. The molecule has 0 saturated carbocycles. The van der Waals surface area contributed by atoms with E-state index in [9.17, 15) is 0 Å². The Morgan fingerprint density at radius 3 is 2.81 bits per heavy atom. The number of hydrogen-bond donors (Lipinski definition) is 1. The van der Waals surface area contributed by atoms with Gasteiger partial charge < -0.3 is 10.1 Å². The van der Waals surface area contributed by atoms with Gasteiger partial charge in [-0.15, -0.1) is 0 Å². The van der Waals surface area contributed by atoms with Crippen molar-refractivity contribution in [3.05, 3.63) is 53.6 Å². The van der Waals surface area contributed by atoms with Crippen LogP contribution < -0.4 is 10.1 Å². The van der Waals surface area contributed by atoms with Crippen LogP contribution in [-0.4, -0.2) is 13.2 Å². The van der Waals surface area contributed by atoms with E-state index < -0.39 is 0 Å². The van der Waals surface area contributed by atoms with Gasteiger partial charge in [0, 0.05) is 12.1 Å². The van der Waals surface area contributed by atoms with Crippen molar-refractivity contribution < 1.29 is 4.74 Å². The van der Waals surface area contributed by atoms with Crippen LogP contribution >= 0.6 is 0 Å². The second-order valence-electron chi connectivity index (χ2n) is 7.35. The van der Waals surface area contributed by atoms with Crippen LogP contribution in [0.1, 0.15) is 63.9 Å². The van der Waals surface area contributed by atoms with Gasteiger partial charge in [0.15, 0.2) is 0 Å². The number of ether oxygens (including phenoxy) is 1. The molecule has 0 radical (unpaired) electrons. The zero-order valence-electron chi connectivity index (χ0n) is 16.2. The summed E-state index contributed by atoms with van der Waals surface area (Å²) < 4.78 is 6.14. The third kappa shape index (κ3) is 5.35. The Kier molecular flexibility index (Phi) is 7.57. The molecule has 0 atom stereocenters. The minimum absolute atomic E-state index is 0.812. The molecule has 0 fully saturated rings. The lowest BCUT2D eigenvalue weighted by Gasteiger charge is -2.16. The molecule has 26 heavy (non-hydrogen) atoms. The highest BCUT2D eigenvalue weighted by Gasteiger charge is 2.09. The average Bonchev–Trinajstić information content (AvgIpc) is 2.70. The maximum Gasteiger partial charge on any atom is 0.124 e. The van der Waals surface area contributed by atoms with Gasteiger partial charge in [-0.05, 0) is 61.9 Å². The third-order valence-electron chi connectivity index (χ3n) is 5.31. The highest BCUT2D eigenvalue weighted by Crippen LogP contribution is 2.28. The molecular weight excluding hydrogens is 318 g/mol. The maximum absolute atomic E-state index is 6.14. The first kappa shape index (κ1) is 19.0. The van der Waals surface area contributed by atoms with Crippen LogP contribution in [0.2, 0.25) is 0 Å². The predicted octanol–water partition coefficient (Wildman–Crippen LogP) is 6.39. The van der Waals surface area contributed by atoms with E-state index in [-0.39, 0.29) is 0 Å². The summed E-state index contributed by atoms with van der Waals surface area (Å²) in [7, 11) is 0. The second-order valence-corrected chi connectivity index (χ2v) is 7.35. The smallest absolute Gasteiger partial charge is 0.124 e. The van der Waals surface area contributed by atoms with E-state index in [0.717, 1.165) is 31.9 Å². The summed E-state index contributed by atoms with van der Waals surface area (Å²) in [6.07, 6.45) is 12.5. The summed E-state index contributed by atoms with van der Waals surface area (Å²) in [6, 6.07) is 13.0. The summed E-state index contributed by atoms with van der Waals surface area (Å²) in [4.78, 5) is 0. The monoisotopic (exact) mass is 351 g/mol. The van der Waals surface area contributed by atoms with Crippen molar-refractivity contribution in [2.75, 3.05) is 13.2 Å². The van der Waals surface area contributed by atoms with Crippen LogP contribution in [0.15, 0.2) is 48.0 Å². The molecule has 1 aliphatic carbocycles. The normalized spacial score (nSPS) is 14.4. The van der Waals surface area contributed by atoms with Crippen LogP contribution in [-0.2, 0) is 6.54 Å². The van der Waals surface area contributed by atoms with E-state index in [1.807, 2.05) is 0 Å². The van der Waals surface area contributed by atoms with Gasteiger partial charge in [0.25, 0.3) is 0 Å². The molecule has 1 N–H and O–H groups in total. The topological polar surface area (TPSA) is 21.3 Å². The molecule has 0 aliphatic heterocycles. The summed E-state index contributed by atoms with van der Waals surface area (Å²) in [5.74, 6) is 1.05. The lowest BCUT2D eigenvalue weighted by atomic mass is 9.97. The molecule has 2 heteroatoms. The Hall–Kier alpha value is -1.80. The number of rotatable bonds is 10. The third-order valence-corrected chi connectivity index (χ3v) is 5.31. The van der Waals surface area contributed by atoms with Crippen molar-refractivity contribution in [1.29, 1.82) is 0 Å². The Bertz CT molecular complexity index is 719. The van der Waals surface area contributed by atoms with E-state index in [1.165, 1.54) is 61.3 Å². The van der Waals surface area contributed by atoms with Crippen molar-refractivity contribution in [1.82, 2.24) is 5.32 Å². The first-order valence-electron chi connectivity index (χ1n) is 10.4. The molecule has 0 spiro atoms. The molecule has 2 aromatic rings. The van der Waals surface area contributed by atoms with Gasteiger partial charge in [-0.2, -0.15) is 0 Å². The van der Waals surface area contributed by atoms with E-state index in [0.29, 0.717) is 0 Å². The standard InChI is InChI=1S/C24H33NO/c1-2-3-9-18-26-24-15-14-21-12-7-8-13-22(21)23(24)19-25-17-16-20-10-5-4-6-11-20/h7-8,10,12-15,25H,2-6,9,11,16-19H2,1H3. The minimum Gasteiger partial charge on any atom is -0.493 e. The number of nitrogens with one attached hydrogen (secondary N) is 1. The number of hydrogen-bond acceptors (Lipinski definition) is 2. The minimum atomic E-state index is 0.812. The summed E-state index contributed by atoms with van der Waals surface area (Å²) in [5.41, 5.74) is 2.94. The van der Waals surface area contributed by atoms with Gasteiger partial charge in [-0.3, -0.25) is 0 Å². The highest BCUT2D eigenvalue weighted by atomic mass is 16.5. The van der Waals surface area contributed by atoms with Gasteiger partial charge in [-0.25, -0.2) is 0 Å². The van der Waals surface area contributed by atoms with Crippen molar-refractivity contribution in [2.24, 2.45) is 0 Å². The highest BCUT2D eigenvalue weighted by molar-refractivity contribution is 5.87.